The van der Waals surface area contributed by atoms with Crippen molar-refractivity contribution in [2.24, 2.45) is 0 Å². The molecule has 2 amide bonds. The highest BCUT2D eigenvalue weighted by Gasteiger charge is 2.35. The second-order valence-corrected chi connectivity index (χ2v) is 11.2. The third-order valence-electron chi connectivity index (χ3n) is 6.22. The third-order valence-corrected chi connectivity index (χ3v) is 8.01. The summed E-state index contributed by atoms with van der Waals surface area (Å²) in [5.41, 5.74) is 0.241. The molecule has 3 aromatic carbocycles. The molecule has 3 aromatic rings. The minimum Gasteiger partial charge on any atom is -0.354 e. The summed E-state index contributed by atoms with van der Waals surface area (Å²) in [6.45, 7) is 4.82. The van der Waals surface area contributed by atoms with E-state index in [0.717, 1.165) is 17.7 Å². The summed E-state index contributed by atoms with van der Waals surface area (Å²) in [6, 6.07) is 17.2. The normalized spacial score (nSPS) is 12.4. The zero-order chi connectivity index (χ0) is 29.5. The molecule has 0 aromatic heterocycles. The van der Waals surface area contributed by atoms with Crippen molar-refractivity contribution in [1.82, 2.24) is 10.2 Å². The number of alkyl halides is 3. The summed E-state index contributed by atoms with van der Waals surface area (Å²) in [4.78, 5) is 27.7. The van der Waals surface area contributed by atoms with Crippen LogP contribution in [0.2, 0.25) is 0 Å². The summed E-state index contributed by atoms with van der Waals surface area (Å²) in [5, 5.41) is 2.74. The molecule has 0 heterocycles. The predicted molar refractivity (Wildman–Crippen MR) is 147 cm³/mol. The number of rotatable bonds is 11. The van der Waals surface area contributed by atoms with Crippen molar-refractivity contribution in [3.63, 3.8) is 0 Å². The van der Waals surface area contributed by atoms with Crippen molar-refractivity contribution in [3.8, 4) is 0 Å². The third kappa shape index (κ3) is 7.62. The van der Waals surface area contributed by atoms with Gasteiger partial charge in [0, 0.05) is 13.1 Å². The van der Waals surface area contributed by atoms with Gasteiger partial charge in [-0.1, -0.05) is 61.0 Å². The van der Waals surface area contributed by atoms with E-state index in [4.69, 9.17) is 0 Å². The Labute approximate surface area is 232 Å². The minimum absolute atomic E-state index is 0.0109. The SMILES string of the molecule is CCCNC(=O)[C@H](C)N(Cc1cccc(C)c1)C(=O)CN(c1cccc(C(F)(F)F)c1)S(=O)(=O)c1ccccc1. The van der Waals surface area contributed by atoms with Gasteiger partial charge in [-0.05, 0) is 56.2 Å². The molecule has 7 nitrogen and oxygen atoms in total. The summed E-state index contributed by atoms with van der Waals surface area (Å²) in [7, 11) is -4.47. The van der Waals surface area contributed by atoms with E-state index in [-0.39, 0.29) is 17.1 Å². The predicted octanol–water partition coefficient (Wildman–Crippen LogP) is 5.15. The molecular formula is C29H32F3N3O4S. The van der Waals surface area contributed by atoms with Crippen molar-refractivity contribution in [3.05, 3.63) is 95.6 Å². The molecule has 0 spiro atoms. The molecule has 0 bridgehead atoms. The van der Waals surface area contributed by atoms with E-state index in [1.54, 1.807) is 18.2 Å². The zero-order valence-electron chi connectivity index (χ0n) is 22.5. The van der Waals surface area contributed by atoms with E-state index < -0.39 is 46.2 Å². The van der Waals surface area contributed by atoms with E-state index in [0.29, 0.717) is 28.9 Å². The van der Waals surface area contributed by atoms with Gasteiger partial charge in [-0.15, -0.1) is 0 Å². The molecule has 11 heteroatoms. The number of sulfonamides is 1. The van der Waals surface area contributed by atoms with Gasteiger partial charge >= 0.3 is 6.18 Å². The van der Waals surface area contributed by atoms with Crippen molar-refractivity contribution in [2.75, 3.05) is 17.4 Å². The topological polar surface area (TPSA) is 86.8 Å². The smallest absolute Gasteiger partial charge is 0.354 e. The first-order valence-corrected chi connectivity index (χ1v) is 14.2. The molecule has 0 saturated carbocycles. The number of hydrogen-bond acceptors (Lipinski definition) is 4. The number of aryl methyl sites for hydroxylation is 1. The molecule has 40 heavy (non-hydrogen) atoms. The first-order chi connectivity index (χ1) is 18.8. The van der Waals surface area contributed by atoms with E-state index in [9.17, 15) is 31.2 Å². The molecular weight excluding hydrogens is 543 g/mol. The highest BCUT2D eigenvalue weighted by molar-refractivity contribution is 7.92. The van der Waals surface area contributed by atoms with Crippen molar-refractivity contribution in [1.29, 1.82) is 0 Å². The van der Waals surface area contributed by atoms with Crippen LogP contribution in [0.1, 0.15) is 37.0 Å². The molecule has 214 valence electrons. The van der Waals surface area contributed by atoms with Crippen LogP contribution in [0.4, 0.5) is 18.9 Å². The Morgan fingerprint density at radius 3 is 2.25 bits per heavy atom. The van der Waals surface area contributed by atoms with Crippen LogP contribution in [0.25, 0.3) is 0 Å². The lowest BCUT2D eigenvalue weighted by Gasteiger charge is -2.32. The highest BCUT2D eigenvalue weighted by atomic mass is 32.2. The Bertz CT molecular complexity index is 1430. The van der Waals surface area contributed by atoms with Gasteiger partial charge in [0.1, 0.15) is 12.6 Å². The summed E-state index contributed by atoms with van der Waals surface area (Å²) < 4.78 is 68.6. The Balaban J connectivity index is 2.07. The number of benzene rings is 3. The molecule has 0 unspecified atom stereocenters. The molecule has 0 aliphatic rings. The number of carbonyl (C=O) groups excluding carboxylic acids is 2. The van der Waals surface area contributed by atoms with Gasteiger partial charge in [0.05, 0.1) is 16.1 Å². The lowest BCUT2D eigenvalue weighted by molar-refractivity contribution is -0.139. The highest BCUT2D eigenvalue weighted by Crippen LogP contribution is 2.33. The van der Waals surface area contributed by atoms with Crippen molar-refractivity contribution < 1.29 is 31.2 Å². The van der Waals surface area contributed by atoms with Crippen LogP contribution in [-0.2, 0) is 32.3 Å². The van der Waals surface area contributed by atoms with E-state index in [1.807, 2.05) is 26.0 Å². The molecule has 0 saturated heterocycles. The van der Waals surface area contributed by atoms with E-state index in [2.05, 4.69) is 5.32 Å². The zero-order valence-corrected chi connectivity index (χ0v) is 23.3. The Hall–Kier alpha value is -3.86. The lowest BCUT2D eigenvalue weighted by Crippen LogP contribution is -2.51. The fraction of sp³-hybridized carbons (Fsp3) is 0.310. The van der Waals surface area contributed by atoms with Gasteiger partial charge in [-0.25, -0.2) is 8.42 Å². The van der Waals surface area contributed by atoms with Gasteiger partial charge < -0.3 is 10.2 Å². The maximum Gasteiger partial charge on any atom is 0.416 e. The number of halogens is 3. The second kappa shape index (κ2) is 13.0. The first kappa shape index (κ1) is 30.7. The Morgan fingerprint density at radius 1 is 0.950 bits per heavy atom. The number of nitrogens with zero attached hydrogens (tertiary/aromatic N) is 2. The molecule has 0 aliphatic heterocycles. The quantitative estimate of drug-likeness (QED) is 0.343. The van der Waals surface area contributed by atoms with Crippen molar-refractivity contribution in [2.45, 2.75) is 50.9 Å². The fourth-order valence-corrected chi connectivity index (χ4v) is 5.50. The average molecular weight is 576 g/mol. The molecule has 3 rings (SSSR count). The number of amides is 2. The molecule has 0 aliphatic carbocycles. The largest absolute Gasteiger partial charge is 0.416 e. The second-order valence-electron chi connectivity index (χ2n) is 9.35. The number of nitrogens with one attached hydrogen (secondary N) is 1. The van der Waals surface area contributed by atoms with Crippen LogP contribution < -0.4 is 9.62 Å². The summed E-state index contributed by atoms with van der Waals surface area (Å²) >= 11 is 0. The Morgan fingerprint density at radius 2 is 1.62 bits per heavy atom. The van der Waals surface area contributed by atoms with Gasteiger partial charge in [-0.2, -0.15) is 13.2 Å². The monoisotopic (exact) mass is 575 g/mol. The summed E-state index contributed by atoms with van der Waals surface area (Å²) in [5.74, 6) is -1.18. The van der Waals surface area contributed by atoms with Crippen LogP contribution in [0.15, 0.2) is 83.8 Å². The maximum absolute atomic E-state index is 13.8. The number of anilines is 1. The van der Waals surface area contributed by atoms with Crippen LogP contribution >= 0.6 is 0 Å². The molecule has 1 atom stereocenters. The van der Waals surface area contributed by atoms with E-state index in [1.165, 1.54) is 42.2 Å². The van der Waals surface area contributed by atoms with Crippen molar-refractivity contribution >= 4 is 27.5 Å². The molecule has 1 N–H and O–H groups in total. The van der Waals surface area contributed by atoms with Gasteiger partial charge in [0.15, 0.2) is 0 Å². The van der Waals surface area contributed by atoms with Crippen LogP contribution in [0.5, 0.6) is 0 Å². The average Bonchev–Trinajstić information content (AvgIpc) is 2.92. The summed E-state index contributed by atoms with van der Waals surface area (Å²) in [6.07, 6.45) is -4.06. The van der Waals surface area contributed by atoms with Gasteiger partial charge in [0.2, 0.25) is 11.8 Å². The Kier molecular flexibility index (Phi) is 9.97. The minimum atomic E-state index is -4.73. The number of hydrogen-bond donors (Lipinski definition) is 1. The molecule has 0 fully saturated rings. The fourth-order valence-electron chi connectivity index (χ4n) is 4.07. The number of carbonyl (C=O) groups is 2. The lowest BCUT2D eigenvalue weighted by atomic mass is 10.1. The van der Waals surface area contributed by atoms with Crippen LogP contribution in [0, 0.1) is 6.92 Å². The van der Waals surface area contributed by atoms with E-state index >= 15 is 0 Å². The maximum atomic E-state index is 13.8. The standard InChI is InChI=1S/C29H32F3N3O4S/c1-4-16-33-28(37)22(3)34(19-23-11-8-10-21(2)17-23)27(36)20-35(40(38,39)26-14-6-5-7-15-26)25-13-9-12-24(18-25)29(30,31)32/h5-15,17-18,22H,4,16,19-20H2,1-3H3,(H,33,37)/t22-/m0/s1. The van der Waals surface area contributed by atoms with Gasteiger partial charge in [0.25, 0.3) is 10.0 Å². The van der Waals surface area contributed by atoms with Crippen LogP contribution in [0.3, 0.4) is 0 Å². The van der Waals surface area contributed by atoms with Gasteiger partial charge in [-0.3, -0.25) is 13.9 Å². The van der Waals surface area contributed by atoms with Crippen LogP contribution in [-0.4, -0.2) is 44.3 Å². The molecule has 0 radical (unpaired) electrons. The first-order valence-electron chi connectivity index (χ1n) is 12.7.